The van der Waals surface area contributed by atoms with E-state index < -0.39 is 11.7 Å². The van der Waals surface area contributed by atoms with Gasteiger partial charge in [0, 0.05) is 41.6 Å². The van der Waals surface area contributed by atoms with Crippen LogP contribution in [0.15, 0.2) is 54.9 Å². The number of phenolic OH excluding ortho intramolecular Hbond substituents is 1. The van der Waals surface area contributed by atoms with Crippen LogP contribution in [0.1, 0.15) is 28.4 Å². The smallest absolute Gasteiger partial charge is 0.255 e. The van der Waals surface area contributed by atoms with Gasteiger partial charge in [-0.15, -0.1) is 5.10 Å². The SMILES string of the molecule is COc1ccc(F)cc1[C@H]1C[C@H](NC(=O)c2cc(Cl)cc(OC)c2O)CN1c1ccc2nccn2n1. The maximum Gasteiger partial charge on any atom is 0.255 e. The Kier molecular flexibility index (Phi) is 6.27. The Morgan fingerprint density at radius 1 is 1.17 bits per heavy atom. The number of carbonyl (C=O) groups excluding carboxylic acids is 1. The van der Waals surface area contributed by atoms with Crippen molar-refractivity contribution < 1.29 is 23.8 Å². The molecule has 2 N–H and O–H groups in total. The van der Waals surface area contributed by atoms with E-state index in [0.717, 1.165) is 0 Å². The number of fused-ring (bicyclic) bond motifs is 1. The molecule has 0 bridgehead atoms. The van der Waals surface area contributed by atoms with Crippen molar-refractivity contribution in [3.05, 3.63) is 76.8 Å². The van der Waals surface area contributed by atoms with Crippen molar-refractivity contribution in [1.29, 1.82) is 0 Å². The lowest BCUT2D eigenvalue weighted by molar-refractivity contribution is 0.0936. The molecule has 36 heavy (non-hydrogen) atoms. The molecular weight excluding hydrogens is 489 g/mol. The van der Waals surface area contributed by atoms with Gasteiger partial charge in [-0.3, -0.25) is 4.79 Å². The third kappa shape index (κ3) is 4.35. The summed E-state index contributed by atoms with van der Waals surface area (Å²) in [5.74, 6) is 0.0428. The largest absolute Gasteiger partial charge is 0.504 e. The van der Waals surface area contributed by atoms with Crippen molar-refractivity contribution in [2.45, 2.75) is 18.5 Å². The number of hydrogen-bond acceptors (Lipinski definition) is 7. The molecule has 1 aliphatic heterocycles. The third-order valence-electron chi connectivity index (χ3n) is 6.23. The highest BCUT2D eigenvalue weighted by molar-refractivity contribution is 6.31. The number of aromatic nitrogens is 3. The van der Waals surface area contributed by atoms with Crippen LogP contribution in [0.3, 0.4) is 0 Å². The molecule has 1 aliphatic rings. The molecule has 0 saturated carbocycles. The highest BCUT2D eigenvalue weighted by Gasteiger charge is 2.37. The van der Waals surface area contributed by atoms with E-state index in [1.54, 1.807) is 23.0 Å². The van der Waals surface area contributed by atoms with E-state index in [9.17, 15) is 14.3 Å². The minimum atomic E-state index is -0.511. The standard InChI is InChI=1S/C25H23ClFN5O4/c1-35-20-4-3-15(27)11-17(20)19-12-16(13-31(19)23-6-5-22-28-7-8-32(22)30-23)29-25(34)18-9-14(26)10-21(36-2)24(18)33/h3-11,16,19,33H,12-13H2,1-2H3,(H,29,34)/t16-,19+/m0/s1. The number of hydrogen-bond donors (Lipinski definition) is 2. The van der Waals surface area contributed by atoms with Gasteiger partial charge in [-0.25, -0.2) is 13.9 Å². The number of carbonyl (C=O) groups is 1. The molecule has 1 saturated heterocycles. The van der Waals surface area contributed by atoms with Crippen molar-refractivity contribution >= 4 is 29.0 Å². The van der Waals surface area contributed by atoms with Crippen LogP contribution in [0.4, 0.5) is 10.2 Å². The fraction of sp³-hybridized carbons (Fsp3) is 0.240. The highest BCUT2D eigenvalue weighted by atomic mass is 35.5. The molecular formula is C25H23ClFN5O4. The molecule has 0 unspecified atom stereocenters. The monoisotopic (exact) mass is 511 g/mol. The van der Waals surface area contributed by atoms with E-state index >= 15 is 0 Å². The number of benzene rings is 2. The Morgan fingerprint density at radius 2 is 1.97 bits per heavy atom. The number of amides is 1. The first-order valence-corrected chi connectivity index (χ1v) is 11.5. The summed E-state index contributed by atoms with van der Waals surface area (Å²) in [7, 11) is 2.91. The molecule has 2 atom stereocenters. The third-order valence-corrected chi connectivity index (χ3v) is 6.44. The number of methoxy groups -OCH3 is 2. The molecule has 9 nitrogen and oxygen atoms in total. The second-order valence-electron chi connectivity index (χ2n) is 8.39. The van der Waals surface area contributed by atoms with Gasteiger partial charge in [0.1, 0.15) is 17.4 Å². The van der Waals surface area contributed by atoms with Crippen LogP contribution < -0.4 is 19.7 Å². The topological polar surface area (TPSA) is 101 Å². The maximum atomic E-state index is 14.3. The molecule has 2 aromatic heterocycles. The minimum Gasteiger partial charge on any atom is -0.504 e. The average molecular weight is 512 g/mol. The second-order valence-corrected chi connectivity index (χ2v) is 8.82. The quantitative estimate of drug-likeness (QED) is 0.403. The van der Waals surface area contributed by atoms with Gasteiger partial charge in [0.15, 0.2) is 17.1 Å². The summed E-state index contributed by atoms with van der Waals surface area (Å²) in [4.78, 5) is 19.3. The summed E-state index contributed by atoms with van der Waals surface area (Å²) in [6.45, 7) is 0.377. The predicted octanol–water partition coefficient (Wildman–Crippen LogP) is 3.99. The Labute approximate surface area is 211 Å². The van der Waals surface area contributed by atoms with Crippen molar-refractivity contribution in [2.24, 2.45) is 0 Å². The van der Waals surface area contributed by atoms with Gasteiger partial charge >= 0.3 is 0 Å². The molecule has 0 aliphatic carbocycles. The van der Waals surface area contributed by atoms with Crippen LogP contribution in [0.5, 0.6) is 17.2 Å². The molecule has 0 spiro atoms. The van der Waals surface area contributed by atoms with E-state index in [0.29, 0.717) is 35.7 Å². The number of aromatic hydroxyl groups is 1. The van der Waals surface area contributed by atoms with Crippen LogP contribution in [0.25, 0.3) is 5.65 Å². The first-order chi connectivity index (χ1) is 17.4. The Balaban J connectivity index is 1.49. The normalized spacial score (nSPS) is 17.4. The first-order valence-electron chi connectivity index (χ1n) is 11.2. The number of nitrogens with one attached hydrogen (secondary N) is 1. The summed E-state index contributed by atoms with van der Waals surface area (Å²) in [6, 6.07) is 10.1. The molecule has 1 fully saturated rings. The lowest BCUT2D eigenvalue weighted by Crippen LogP contribution is -2.37. The summed E-state index contributed by atoms with van der Waals surface area (Å²) in [5.41, 5.74) is 1.32. The Morgan fingerprint density at radius 3 is 2.75 bits per heavy atom. The number of ether oxygens (including phenoxy) is 2. The van der Waals surface area contributed by atoms with Crippen molar-refractivity contribution in [2.75, 3.05) is 25.7 Å². The molecule has 2 aromatic carbocycles. The molecule has 4 aromatic rings. The fourth-order valence-corrected chi connectivity index (χ4v) is 4.79. The molecule has 1 amide bonds. The van der Waals surface area contributed by atoms with Crippen molar-refractivity contribution in [3.8, 4) is 17.2 Å². The van der Waals surface area contributed by atoms with Crippen LogP contribution in [-0.4, -0.2) is 52.4 Å². The van der Waals surface area contributed by atoms with Gasteiger partial charge in [-0.1, -0.05) is 11.6 Å². The zero-order chi connectivity index (χ0) is 25.4. The van der Waals surface area contributed by atoms with Crippen molar-refractivity contribution in [1.82, 2.24) is 19.9 Å². The summed E-state index contributed by atoms with van der Waals surface area (Å²) in [6.07, 6.45) is 3.83. The van der Waals surface area contributed by atoms with Gasteiger partial charge in [-0.05, 0) is 42.8 Å². The van der Waals surface area contributed by atoms with Crippen LogP contribution >= 0.6 is 11.6 Å². The van der Waals surface area contributed by atoms with Gasteiger partial charge in [0.2, 0.25) is 0 Å². The van der Waals surface area contributed by atoms with E-state index in [-0.39, 0.29) is 34.2 Å². The lowest BCUT2D eigenvalue weighted by atomic mass is 10.0. The summed E-state index contributed by atoms with van der Waals surface area (Å²) >= 11 is 6.11. The Hall–Kier alpha value is -4.05. The number of rotatable bonds is 6. The average Bonchev–Trinajstić information content (AvgIpc) is 3.51. The molecule has 3 heterocycles. The number of nitrogens with zero attached hydrogens (tertiary/aromatic N) is 4. The highest BCUT2D eigenvalue weighted by Crippen LogP contribution is 2.40. The number of halogens is 2. The first kappa shape index (κ1) is 23.7. The van der Waals surface area contributed by atoms with Gasteiger partial charge in [0.25, 0.3) is 5.91 Å². The number of phenols is 1. The van der Waals surface area contributed by atoms with Gasteiger partial charge in [-0.2, -0.15) is 0 Å². The van der Waals surface area contributed by atoms with E-state index in [1.165, 1.54) is 38.5 Å². The van der Waals surface area contributed by atoms with Gasteiger partial charge < -0.3 is 24.8 Å². The molecule has 186 valence electrons. The summed E-state index contributed by atoms with van der Waals surface area (Å²) < 4.78 is 26.6. The van der Waals surface area contributed by atoms with E-state index in [2.05, 4.69) is 15.4 Å². The molecule has 11 heteroatoms. The molecule has 0 radical (unpaired) electrons. The fourth-order valence-electron chi connectivity index (χ4n) is 4.58. The van der Waals surface area contributed by atoms with E-state index in [4.69, 9.17) is 21.1 Å². The second kappa shape index (κ2) is 9.54. The minimum absolute atomic E-state index is 0.00403. The number of anilines is 1. The zero-order valence-corrected chi connectivity index (χ0v) is 20.2. The summed E-state index contributed by atoms with van der Waals surface area (Å²) in [5, 5.41) is 18.3. The molecule has 5 rings (SSSR count). The van der Waals surface area contributed by atoms with Crippen LogP contribution in [-0.2, 0) is 0 Å². The number of imidazole rings is 1. The van der Waals surface area contributed by atoms with Crippen molar-refractivity contribution in [3.63, 3.8) is 0 Å². The Bertz CT molecular complexity index is 1450. The van der Waals surface area contributed by atoms with E-state index in [1.807, 2.05) is 17.0 Å². The van der Waals surface area contributed by atoms with Gasteiger partial charge in [0.05, 0.1) is 25.8 Å². The van der Waals surface area contributed by atoms with Crippen LogP contribution in [0.2, 0.25) is 5.02 Å². The maximum absolute atomic E-state index is 14.3. The lowest BCUT2D eigenvalue weighted by Gasteiger charge is -2.27. The van der Waals surface area contributed by atoms with Crippen LogP contribution in [0, 0.1) is 5.82 Å². The zero-order valence-electron chi connectivity index (χ0n) is 19.5. The predicted molar refractivity (Wildman–Crippen MR) is 132 cm³/mol.